The number of fused-ring (bicyclic) bond motifs is 4. The lowest BCUT2D eigenvalue weighted by Crippen LogP contribution is -2.52. The summed E-state index contributed by atoms with van der Waals surface area (Å²) in [6.45, 7) is 0. The molecule has 4 atom stereocenters. The number of ketones is 1. The number of nitrogens with zero attached hydrogens (tertiary/aromatic N) is 1. The second kappa shape index (κ2) is 7.20. The fraction of sp³-hybridized carbons (Fsp3) is 0.250. The Balaban J connectivity index is 1.62. The summed E-state index contributed by atoms with van der Waals surface area (Å²) in [4.78, 5) is 30.8. The number of benzene rings is 2. The largest absolute Gasteiger partial charge is 0.324 e. The van der Waals surface area contributed by atoms with Crippen LogP contribution in [0, 0.1) is 5.92 Å². The van der Waals surface area contributed by atoms with Crippen molar-refractivity contribution in [2.24, 2.45) is 5.92 Å². The molecule has 4 heterocycles. The number of hydrogen-bond donors (Lipinski definition) is 1. The number of carbonyl (C=O) groups excluding carboxylic acids is 2. The van der Waals surface area contributed by atoms with Gasteiger partial charge in [0.2, 0.25) is 5.91 Å². The van der Waals surface area contributed by atoms with Gasteiger partial charge in [-0.25, -0.2) is 0 Å². The van der Waals surface area contributed by atoms with Crippen LogP contribution in [-0.4, -0.2) is 34.3 Å². The number of carbonyl (C=O) groups is 2. The van der Waals surface area contributed by atoms with Crippen LogP contribution in [-0.2, 0) is 10.3 Å². The minimum absolute atomic E-state index is 0.0428. The second-order valence-electron chi connectivity index (χ2n) is 8.20. The van der Waals surface area contributed by atoms with Crippen molar-refractivity contribution in [3.8, 4) is 0 Å². The highest BCUT2D eigenvalue weighted by Gasteiger charge is 2.69. The van der Waals surface area contributed by atoms with Crippen LogP contribution < -0.4 is 5.32 Å². The van der Waals surface area contributed by atoms with Crippen molar-refractivity contribution in [2.75, 3.05) is 16.9 Å². The molecule has 2 aromatic carbocycles. The van der Waals surface area contributed by atoms with Crippen LogP contribution in [0.1, 0.15) is 26.7 Å². The standard InChI is InChI=1S/C24H19ClN2O2S2/c25-15-9-7-14(8-10-15)20-18-12-30-13-27(18)24(21(20)22(28)19-6-3-11-31-19)16-4-1-2-5-17(16)26-23(24)29/h1-11,18,20-21H,12-13H2,(H,26,29)/t18-,20+,21-,24+/m0/s1. The molecule has 4 nitrogen and oxygen atoms in total. The van der Waals surface area contributed by atoms with Crippen LogP contribution in [0.25, 0.3) is 0 Å². The van der Waals surface area contributed by atoms with E-state index in [0.29, 0.717) is 9.90 Å². The molecule has 1 aromatic heterocycles. The first-order chi connectivity index (χ1) is 15.1. The van der Waals surface area contributed by atoms with Gasteiger partial charge in [0.15, 0.2) is 5.78 Å². The summed E-state index contributed by atoms with van der Waals surface area (Å²) in [5.41, 5.74) is 1.78. The van der Waals surface area contributed by atoms with Gasteiger partial charge in [0.1, 0.15) is 5.54 Å². The summed E-state index contributed by atoms with van der Waals surface area (Å²) >= 11 is 9.45. The fourth-order valence-electron chi connectivity index (χ4n) is 5.66. The van der Waals surface area contributed by atoms with Gasteiger partial charge < -0.3 is 5.32 Å². The highest BCUT2D eigenvalue weighted by atomic mass is 35.5. The third-order valence-electron chi connectivity index (χ3n) is 6.83. The van der Waals surface area contributed by atoms with Crippen molar-refractivity contribution in [1.82, 2.24) is 4.90 Å². The first-order valence-corrected chi connectivity index (χ1v) is 12.6. The van der Waals surface area contributed by atoms with E-state index >= 15 is 0 Å². The molecule has 0 aliphatic carbocycles. The summed E-state index contributed by atoms with van der Waals surface area (Å²) < 4.78 is 0. The number of hydrogen-bond acceptors (Lipinski definition) is 5. The topological polar surface area (TPSA) is 49.4 Å². The van der Waals surface area contributed by atoms with Gasteiger partial charge in [0.05, 0.1) is 10.8 Å². The van der Waals surface area contributed by atoms with E-state index in [0.717, 1.165) is 28.4 Å². The number of amides is 1. The van der Waals surface area contributed by atoms with E-state index < -0.39 is 11.5 Å². The number of anilines is 1. The minimum atomic E-state index is -1.00. The average molecular weight is 467 g/mol. The highest BCUT2D eigenvalue weighted by Crippen LogP contribution is 2.61. The molecule has 3 aliphatic rings. The van der Waals surface area contributed by atoms with Gasteiger partial charge in [-0.2, -0.15) is 0 Å². The molecule has 1 spiro atoms. The Morgan fingerprint density at radius 2 is 1.90 bits per heavy atom. The molecule has 0 saturated carbocycles. The summed E-state index contributed by atoms with van der Waals surface area (Å²) in [7, 11) is 0. The first-order valence-electron chi connectivity index (χ1n) is 10.2. The molecule has 2 fully saturated rings. The summed E-state index contributed by atoms with van der Waals surface area (Å²) in [5.74, 6) is 0.957. The molecule has 1 N–H and O–H groups in total. The Labute approximate surface area is 193 Å². The van der Waals surface area contributed by atoms with E-state index in [1.807, 2.05) is 77.8 Å². The van der Waals surface area contributed by atoms with E-state index in [4.69, 9.17) is 11.6 Å². The maximum atomic E-state index is 14.1. The number of para-hydroxylation sites is 1. The molecule has 6 rings (SSSR count). The van der Waals surface area contributed by atoms with Gasteiger partial charge in [-0.15, -0.1) is 23.1 Å². The highest BCUT2D eigenvalue weighted by molar-refractivity contribution is 7.99. The molecule has 1 amide bonds. The van der Waals surface area contributed by atoms with Crippen LogP contribution >= 0.6 is 34.7 Å². The number of Topliss-reactive ketones (excluding diaryl/α,β-unsaturated/α-hetero) is 1. The van der Waals surface area contributed by atoms with Gasteiger partial charge in [-0.05, 0) is 35.2 Å². The van der Waals surface area contributed by atoms with Crippen LogP contribution in [0.15, 0.2) is 66.0 Å². The normalized spacial score (nSPS) is 29.2. The number of rotatable bonds is 3. The van der Waals surface area contributed by atoms with E-state index in [9.17, 15) is 9.59 Å². The Morgan fingerprint density at radius 1 is 1.10 bits per heavy atom. The summed E-state index contributed by atoms with van der Waals surface area (Å²) in [6, 6.07) is 19.5. The minimum Gasteiger partial charge on any atom is -0.324 e. The van der Waals surface area contributed by atoms with Crippen molar-refractivity contribution in [3.63, 3.8) is 0 Å². The van der Waals surface area contributed by atoms with Gasteiger partial charge in [0, 0.05) is 39.9 Å². The smallest absolute Gasteiger partial charge is 0.250 e. The van der Waals surface area contributed by atoms with Gasteiger partial charge >= 0.3 is 0 Å². The lowest BCUT2D eigenvalue weighted by molar-refractivity contribution is -0.127. The van der Waals surface area contributed by atoms with E-state index in [1.54, 1.807) is 0 Å². The number of thiophene rings is 1. The SMILES string of the molecule is O=C(c1cccs1)[C@@H]1[C@H](c2ccc(Cl)cc2)[C@@H]2CSCN2[C@@]12C(=O)Nc1ccccc12. The van der Waals surface area contributed by atoms with Gasteiger partial charge in [-0.1, -0.05) is 48.0 Å². The van der Waals surface area contributed by atoms with Crippen LogP contribution in [0.5, 0.6) is 0 Å². The Bertz CT molecular complexity index is 1180. The Hall–Kier alpha value is -2.12. The molecule has 31 heavy (non-hydrogen) atoms. The molecule has 0 radical (unpaired) electrons. The Morgan fingerprint density at radius 3 is 2.68 bits per heavy atom. The molecular weight excluding hydrogens is 448 g/mol. The van der Waals surface area contributed by atoms with Crippen molar-refractivity contribution in [3.05, 3.63) is 87.1 Å². The van der Waals surface area contributed by atoms with Crippen LogP contribution in [0.2, 0.25) is 5.02 Å². The maximum Gasteiger partial charge on any atom is 0.250 e. The number of halogens is 1. The molecule has 2 saturated heterocycles. The third kappa shape index (κ3) is 2.65. The molecular formula is C24H19ClN2O2S2. The average Bonchev–Trinajstić information content (AvgIpc) is 3.54. The van der Waals surface area contributed by atoms with Crippen molar-refractivity contribution < 1.29 is 9.59 Å². The van der Waals surface area contributed by atoms with E-state index in [-0.39, 0.29) is 23.7 Å². The van der Waals surface area contributed by atoms with Crippen LogP contribution in [0.3, 0.4) is 0 Å². The quantitative estimate of drug-likeness (QED) is 0.537. The van der Waals surface area contributed by atoms with Gasteiger partial charge in [-0.3, -0.25) is 14.5 Å². The van der Waals surface area contributed by atoms with Crippen molar-refractivity contribution in [2.45, 2.75) is 17.5 Å². The zero-order valence-electron chi connectivity index (χ0n) is 16.5. The predicted octanol–water partition coefficient (Wildman–Crippen LogP) is 5.22. The van der Waals surface area contributed by atoms with Crippen molar-refractivity contribution >= 4 is 52.1 Å². The maximum absolute atomic E-state index is 14.1. The summed E-state index contributed by atoms with van der Waals surface area (Å²) in [5, 5.41) is 5.68. The molecule has 7 heteroatoms. The van der Waals surface area contributed by atoms with Crippen LogP contribution in [0.4, 0.5) is 5.69 Å². The number of thioether (sulfide) groups is 1. The van der Waals surface area contributed by atoms with Crippen molar-refractivity contribution in [1.29, 1.82) is 0 Å². The van der Waals surface area contributed by atoms with Gasteiger partial charge in [0.25, 0.3) is 0 Å². The van der Waals surface area contributed by atoms with E-state index in [2.05, 4.69) is 10.2 Å². The monoisotopic (exact) mass is 466 g/mol. The zero-order chi connectivity index (χ0) is 21.2. The number of nitrogens with one attached hydrogen (secondary N) is 1. The molecule has 3 aliphatic heterocycles. The lowest BCUT2D eigenvalue weighted by Gasteiger charge is -2.36. The first kappa shape index (κ1) is 19.6. The third-order valence-corrected chi connectivity index (χ3v) is 9.00. The fourth-order valence-corrected chi connectivity index (χ4v) is 7.82. The van der Waals surface area contributed by atoms with E-state index in [1.165, 1.54) is 11.3 Å². The lowest BCUT2D eigenvalue weighted by atomic mass is 9.70. The summed E-state index contributed by atoms with van der Waals surface area (Å²) in [6.07, 6.45) is 0. The zero-order valence-corrected chi connectivity index (χ0v) is 18.8. The second-order valence-corrected chi connectivity index (χ2v) is 10.6. The Kier molecular flexibility index (Phi) is 4.54. The molecule has 0 unspecified atom stereocenters. The predicted molar refractivity (Wildman–Crippen MR) is 126 cm³/mol. The molecule has 3 aromatic rings. The molecule has 156 valence electrons. The molecule has 0 bridgehead atoms.